The van der Waals surface area contributed by atoms with E-state index in [1.165, 1.54) is 12.1 Å². The average molecular weight is 331 g/mol. The molecule has 1 aromatic heterocycles. The fraction of sp³-hybridized carbons (Fsp3) is 0.0476. The van der Waals surface area contributed by atoms with Gasteiger partial charge in [0.1, 0.15) is 5.82 Å². The van der Waals surface area contributed by atoms with Crippen LogP contribution in [0.25, 0.3) is 27.2 Å². The van der Waals surface area contributed by atoms with E-state index in [9.17, 15) is 14.0 Å². The Morgan fingerprint density at radius 1 is 0.720 bits per heavy atom. The van der Waals surface area contributed by atoms with Crippen molar-refractivity contribution in [2.24, 2.45) is 0 Å². The fourth-order valence-corrected chi connectivity index (χ4v) is 3.18. The van der Waals surface area contributed by atoms with Crippen LogP contribution in [0.15, 0.2) is 76.3 Å². The summed E-state index contributed by atoms with van der Waals surface area (Å²) in [5.74, 6) is -0.494. The van der Waals surface area contributed by atoms with Gasteiger partial charge in [-0.15, -0.1) is 0 Å². The second-order valence-corrected chi connectivity index (χ2v) is 5.97. The molecule has 0 fully saturated rings. The number of halogens is 1. The van der Waals surface area contributed by atoms with E-state index in [-0.39, 0.29) is 5.69 Å². The van der Waals surface area contributed by atoms with Crippen LogP contribution >= 0.6 is 0 Å². The molecule has 25 heavy (non-hydrogen) atoms. The molecule has 0 radical (unpaired) electrons. The first-order valence-corrected chi connectivity index (χ1v) is 7.91. The van der Waals surface area contributed by atoms with E-state index in [0.29, 0.717) is 27.1 Å². The standard InChI is InChI=1S/C21H14FNO2/c1-13-10-11-14(22)12-19(13)23-20(24)17-8-4-2-6-15(17)16-7-3-5-9-18(16)21(23)25/h2-12H,1H3. The Morgan fingerprint density at radius 2 is 1.20 bits per heavy atom. The van der Waals surface area contributed by atoms with Crippen LogP contribution in [-0.2, 0) is 0 Å². The summed E-state index contributed by atoms with van der Waals surface area (Å²) in [4.78, 5) is 26.3. The lowest BCUT2D eigenvalue weighted by atomic mass is 10.1. The van der Waals surface area contributed by atoms with Gasteiger partial charge in [-0.2, -0.15) is 0 Å². The van der Waals surface area contributed by atoms with Crippen molar-refractivity contribution in [1.82, 2.24) is 4.57 Å². The molecule has 0 amide bonds. The lowest BCUT2D eigenvalue weighted by Crippen LogP contribution is -2.29. The minimum Gasteiger partial charge on any atom is -0.268 e. The van der Waals surface area contributed by atoms with Crippen molar-refractivity contribution in [3.63, 3.8) is 0 Å². The highest BCUT2D eigenvalue weighted by molar-refractivity contribution is 6.05. The maximum atomic E-state index is 13.8. The molecule has 122 valence electrons. The van der Waals surface area contributed by atoms with Gasteiger partial charge in [0, 0.05) is 10.8 Å². The maximum absolute atomic E-state index is 13.8. The summed E-state index contributed by atoms with van der Waals surface area (Å²) >= 11 is 0. The lowest BCUT2D eigenvalue weighted by molar-refractivity contribution is 0.625. The molecule has 3 aromatic carbocycles. The average Bonchev–Trinajstić information content (AvgIpc) is 2.72. The van der Waals surface area contributed by atoms with Crippen LogP contribution < -0.4 is 11.1 Å². The number of hydrogen-bond acceptors (Lipinski definition) is 2. The third-order valence-corrected chi connectivity index (χ3v) is 4.42. The second-order valence-electron chi connectivity index (χ2n) is 5.97. The van der Waals surface area contributed by atoms with Gasteiger partial charge in [-0.05, 0) is 47.5 Å². The Bertz CT molecular complexity index is 1190. The predicted molar refractivity (Wildman–Crippen MR) is 98.0 cm³/mol. The van der Waals surface area contributed by atoms with Crippen LogP contribution in [0.3, 0.4) is 0 Å². The number of benzene rings is 3. The molecule has 0 saturated carbocycles. The van der Waals surface area contributed by atoms with Crippen molar-refractivity contribution in [2.45, 2.75) is 6.92 Å². The molecule has 4 heteroatoms. The Kier molecular flexibility index (Phi) is 3.46. The molecule has 0 bridgehead atoms. The number of rotatable bonds is 1. The van der Waals surface area contributed by atoms with Crippen LogP contribution in [0, 0.1) is 12.7 Å². The van der Waals surface area contributed by atoms with E-state index in [1.807, 2.05) is 24.3 Å². The van der Waals surface area contributed by atoms with Gasteiger partial charge in [-0.1, -0.05) is 42.5 Å². The Balaban J connectivity index is 2.36. The topological polar surface area (TPSA) is 39.1 Å². The smallest absolute Gasteiger partial charge is 0.265 e. The van der Waals surface area contributed by atoms with E-state index < -0.39 is 16.9 Å². The van der Waals surface area contributed by atoms with Crippen molar-refractivity contribution < 1.29 is 4.39 Å². The summed E-state index contributed by atoms with van der Waals surface area (Å²) in [6, 6.07) is 18.3. The molecule has 0 aliphatic carbocycles. The van der Waals surface area contributed by atoms with E-state index >= 15 is 0 Å². The quantitative estimate of drug-likeness (QED) is 0.530. The number of aromatic nitrogens is 1. The number of fused-ring (bicyclic) bond motifs is 3. The molecular weight excluding hydrogens is 317 g/mol. The molecule has 3 nitrogen and oxygen atoms in total. The summed E-state index contributed by atoms with van der Waals surface area (Å²) in [5.41, 5.74) is 0.0115. The lowest BCUT2D eigenvalue weighted by Gasteiger charge is -2.07. The molecule has 0 N–H and O–H groups in total. The van der Waals surface area contributed by atoms with Crippen molar-refractivity contribution in [1.29, 1.82) is 0 Å². The second kappa shape index (κ2) is 5.67. The zero-order valence-corrected chi connectivity index (χ0v) is 13.5. The highest BCUT2D eigenvalue weighted by Crippen LogP contribution is 2.21. The third-order valence-electron chi connectivity index (χ3n) is 4.42. The monoisotopic (exact) mass is 331 g/mol. The van der Waals surface area contributed by atoms with E-state index in [2.05, 4.69) is 0 Å². The third kappa shape index (κ3) is 2.34. The van der Waals surface area contributed by atoms with Crippen LogP contribution in [0.4, 0.5) is 4.39 Å². The van der Waals surface area contributed by atoms with Crippen LogP contribution in [0.2, 0.25) is 0 Å². The Hall–Kier alpha value is -3.27. The minimum atomic E-state index is -0.494. The Labute approximate surface area is 142 Å². The van der Waals surface area contributed by atoms with Crippen LogP contribution in [0.1, 0.15) is 5.56 Å². The molecule has 0 aliphatic heterocycles. The molecule has 4 aromatic rings. The van der Waals surface area contributed by atoms with Gasteiger partial charge in [-0.25, -0.2) is 8.96 Å². The first-order chi connectivity index (χ1) is 12.1. The highest BCUT2D eigenvalue weighted by atomic mass is 19.1. The molecule has 0 unspecified atom stereocenters. The summed E-state index contributed by atoms with van der Waals surface area (Å²) in [7, 11) is 0. The highest BCUT2D eigenvalue weighted by Gasteiger charge is 2.14. The molecule has 1 heterocycles. The SMILES string of the molecule is Cc1ccc(F)cc1-n1c(=O)c2ccccc2c2ccccc2c1=O. The summed E-state index contributed by atoms with van der Waals surface area (Å²) in [5, 5.41) is 2.25. The summed E-state index contributed by atoms with van der Waals surface area (Å²) in [6.45, 7) is 1.75. The van der Waals surface area contributed by atoms with Gasteiger partial charge in [0.25, 0.3) is 11.1 Å². The minimum absolute atomic E-state index is 0.265. The van der Waals surface area contributed by atoms with Gasteiger partial charge >= 0.3 is 0 Å². The molecular formula is C21H14FNO2. The molecule has 4 rings (SSSR count). The van der Waals surface area contributed by atoms with E-state index in [0.717, 1.165) is 4.57 Å². The number of hydrogen-bond donors (Lipinski definition) is 0. The molecule has 0 spiro atoms. The van der Waals surface area contributed by atoms with Gasteiger partial charge in [0.2, 0.25) is 0 Å². The Morgan fingerprint density at radius 3 is 1.72 bits per heavy atom. The predicted octanol–water partition coefficient (Wildman–Crippen LogP) is 3.95. The van der Waals surface area contributed by atoms with Gasteiger partial charge in [0.05, 0.1) is 5.69 Å². The zero-order chi connectivity index (χ0) is 17.6. The fourth-order valence-electron chi connectivity index (χ4n) is 3.18. The van der Waals surface area contributed by atoms with Crippen LogP contribution in [0.5, 0.6) is 0 Å². The van der Waals surface area contributed by atoms with E-state index in [4.69, 9.17) is 0 Å². The van der Waals surface area contributed by atoms with Gasteiger partial charge in [-0.3, -0.25) is 9.59 Å². The molecule has 0 aliphatic rings. The largest absolute Gasteiger partial charge is 0.268 e. The molecule has 0 atom stereocenters. The van der Waals surface area contributed by atoms with Crippen molar-refractivity contribution in [2.75, 3.05) is 0 Å². The maximum Gasteiger partial charge on any atom is 0.265 e. The van der Waals surface area contributed by atoms with E-state index in [1.54, 1.807) is 37.3 Å². The zero-order valence-electron chi connectivity index (χ0n) is 13.5. The van der Waals surface area contributed by atoms with Crippen molar-refractivity contribution >= 4 is 21.5 Å². The normalized spacial score (nSPS) is 11.1. The first-order valence-electron chi connectivity index (χ1n) is 7.91. The summed E-state index contributed by atoms with van der Waals surface area (Å²) < 4.78 is 14.9. The summed E-state index contributed by atoms with van der Waals surface area (Å²) in [6.07, 6.45) is 0. The number of aryl methyl sites for hydroxylation is 1. The van der Waals surface area contributed by atoms with Crippen molar-refractivity contribution in [3.05, 3.63) is 98.8 Å². The number of nitrogens with zero attached hydrogens (tertiary/aromatic N) is 1. The van der Waals surface area contributed by atoms with Gasteiger partial charge < -0.3 is 0 Å². The molecule has 0 saturated heterocycles. The van der Waals surface area contributed by atoms with Crippen molar-refractivity contribution in [3.8, 4) is 5.69 Å². The first kappa shape index (κ1) is 15.3. The van der Waals surface area contributed by atoms with Gasteiger partial charge in [0.15, 0.2) is 0 Å². The van der Waals surface area contributed by atoms with Crippen LogP contribution in [-0.4, -0.2) is 4.57 Å².